The van der Waals surface area contributed by atoms with Crippen LogP contribution < -0.4 is 4.74 Å². The average molecular weight is 351 g/mol. The van der Waals surface area contributed by atoms with Crippen LogP contribution in [0.2, 0.25) is 0 Å². The van der Waals surface area contributed by atoms with Gasteiger partial charge in [-0.2, -0.15) is 0 Å². The molecule has 1 N–H and O–H groups in total. The van der Waals surface area contributed by atoms with Gasteiger partial charge in [-0.3, -0.25) is 4.90 Å². The molecule has 7 heteroatoms. The molecule has 2 aliphatic rings. The SMILES string of the molecule is CC(C)(C)OC(=O)N1[C@H]2CC[C@@H]1[C@H](Oc1cc(F)ccc1C(=O)O)C2. The number of carbonyl (C=O) groups is 2. The zero-order chi connectivity index (χ0) is 18.4. The molecule has 6 nitrogen and oxygen atoms in total. The van der Waals surface area contributed by atoms with Gasteiger partial charge in [-0.25, -0.2) is 14.0 Å². The second-order valence-corrected chi connectivity index (χ2v) is 7.52. The van der Waals surface area contributed by atoms with E-state index in [0.29, 0.717) is 6.42 Å². The number of hydrogen-bond donors (Lipinski definition) is 1. The van der Waals surface area contributed by atoms with Gasteiger partial charge in [0, 0.05) is 18.5 Å². The first kappa shape index (κ1) is 17.5. The van der Waals surface area contributed by atoms with Crippen molar-refractivity contribution in [2.24, 2.45) is 0 Å². The molecule has 0 unspecified atom stereocenters. The van der Waals surface area contributed by atoms with E-state index < -0.39 is 17.4 Å². The van der Waals surface area contributed by atoms with Gasteiger partial charge in [0.1, 0.15) is 28.8 Å². The number of aromatic carboxylic acids is 1. The summed E-state index contributed by atoms with van der Waals surface area (Å²) in [7, 11) is 0. The lowest BCUT2D eigenvalue weighted by molar-refractivity contribution is 0.0180. The quantitative estimate of drug-likeness (QED) is 0.903. The number of nitrogens with zero attached hydrogens (tertiary/aromatic N) is 1. The Morgan fingerprint density at radius 1 is 1.28 bits per heavy atom. The fourth-order valence-electron chi connectivity index (χ4n) is 3.59. The van der Waals surface area contributed by atoms with Crippen molar-refractivity contribution in [2.75, 3.05) is 0 Å². The third kappa shape index (κ3) is 3.55. The van der Waals surface area contributed by atoms with E-state index in [0.717, 1.165) is 25.0 Å². The fraction of sp³-hybridized carbons (Fsp3) is 0.556. The largest absolute Gasteiger partial charge is 0.487 e. The van der Waals surface area contributed by atoms with Crippen molar-refractivity contribution < 1.29 is 28.6 Å². The third-order valence-electron chi connectivity index (χ3n) is 4.54. The van der Waals surface area contributed by atoms with Crippen molar-refractivity contribution in [1.82, 2.24) is 4.90 Å². The molecule has 0 aromatic heterocycles. The van der Waals surface area contributed by atoms with Crippen LogP contribution in [-0.4, -0.2) is 45.9 Å². The van der Waals surface area contributed by atoms with Gasteiger partial charge >= 0.3 is 12.1 Å². The number of fused-ring (bicyclic) bond motifs is 2. The van der Waals surface area contributed by atoms with E-state index in [1.165, 1.54) is 6.07 Å². The maximum Gasteiger partial charge on any atom is 0.410 e. The molecule has 2 saturated heterocycles. The summed E-state index contributed by atoms with van der Waals surface area (Å²) in [5.41, 5.74) is -0.679. The highest BCUT2D eigenvalue weighted by Gasteiger charge is 2.51. The lowest BCUT2D eigenvalue weighted by Gasteiger charge is -2.28. The van der Waals surface area contributed by atoms with E-state index in [9.17, 15) is 19.1 Å². The van der Waals surface area contributed by atoms with Gasteiger partial charge in [0.05, 0.1) is 6.04 Å². The maximum absolute atomic E-state index is 13.5. The molecular weight excluding hydrogens is 329 g/mol. The second-order valence-electron chi connectivity index (χ2n) is 7.52. The Balaban J connectivity index is 1.77. The second kappa shape index (κ2) is 6.20. The zero-order valence-corrected chi connectivity index (χ0v) is 14.5. The summed E-state index contributed by atoms with van der Waals surface area (Å²) in [4.78, 5) is 25.4. The number of carboxylic acid groups (broad SMARTS) is 1. The van der Waals surface area contributed by atoms with E-state index in [4.69, 9.17) is 9.47 Å². The van der Waals surface area contributed by atoms with E-state index in [-0.39, 0.29) is 35.6 Å². The Morgan fingerprint density at radius 2 is 2.00 bits per heavy atom. The van der Waals surface area contributed by atoms with E-state index in [1.54, 1.807) is 4.90 Å². The molecule has 1 aromatic carbocycles. The minimum atomic E-state index is -1.18. The molecule has 2 bridgehead atoms. The maximum atomic E-state index is 13.5. The summed E-state index contributed by atoms with van der Waals surface area (Å²) in [6.45, 7) is 5.42. The first-order chi connectivity index (χ1) is 11.7. The summed E-state index contributed by atoms with van der Waals surface area (Å²) in [5.74, 6) is -1.75. The topological polar surface area (TPSA) is 76.1 Å². The van der Waals surface area contributed by atoms with Gasteiger partial charge in [0.25, 0.3) is 0 Å². The van der Waals surface area contributed by atoms with Gasteiger partial charge in [0.15, 0.2) is 0 Å². The third-order valence-corrected chi connectivity index (χ3v) is 4.54. The molecule has 0 aliphatic carbocycles. The molecule has 1 aromatic rings. The van der Waals surface area contributed by atoms with E-state index in [2.05, 4.69) is 0 Å². The van der Waals surface area contributed by atoms with Crippen molar-refractivity contribution in [3.05, 3.63) is 29.6 Å². The van der Waals surface area contributed by atoms with Gasteiger partial charge in [-0.15, -0.1) is 0 Å². The molecule has 0 radical (unpaired) electrons. The van der Waals surface area contributed by atoms with Crippen LogP contribution in [0.15, 0.2) is 18.2 Å². The van der Waals surface area contributed by atoms with E-state index in [1.807, 2.05) is 20.8 Å². The molecule has 3 atom stereocenters. The van der Waals surface area contributed by atoms with Crippen LogP contribution in [0.3, 0.4) is 0 Å². The minimum Gasteiger partial charge on any atom is -0.487 e. The van der Waals surface area contributed by atoms with Crippen molar-refractivity contribution in [3.63, 3.8) is 0 Å². The average Bonchev–Trinajstić information content (AvgIpc) is 3.02. The van der Waals surface area contributed by atoms with Crippen LogP contribution >= 0.6 is 0 Å². The molecule has 0 saturated carbocycles. The molecule has 136 valence electrons. The van der Waals surface area contributed by atoms with Crippen LogP contribution in [0, 0.1) is 5.82 Å². The molecule has 2 fully saturated rings. The lowest BCUT2D eigenvalue weighted by Crippen LogP contribution is -2.42. The van der Waals surface area contributed by atoms with Crippen LogP contribution in [0.4, 0.5) is 9.18 Å². The Hall–Kier alpha value is -2.31. The predicted octanol–water partition coefficient (Wildman–Crippen LogP) is 3.44. The van der Waals surface area contributed by atoms with Gasteiger partial charge in [-0.1, -0.05) is 0 Å². The molecule has 25 heavy (non-hydrogen) atoms. The van der Waals surface area contributed by atoms with Crippen LogP contribution in [0.25, 0.3) is 0 Å². The summed E-state index contributed by atoms with van der Waals surface area (Å²) in [6.07, 6.45) is 1.44. The number of amides is 1. The molecule has 2 heterocycles. The number of carbonyl (C=O) groups excluding carboxylic acids is 1. The van der Waals surface area contributed by atoms with E-state index >= 15 is 0 Å². The standard InChI is InChI=1S/C18H22FNO5/c1-18(2,3)25-17(23)20-11-5-7-13(20)15(9-11)24-14-8-10(19)4-6-12(14)16(21)22/h4,6,8,11,13,15H,5,7,9H2,1-3H3,(H,21,22)/t11-,13+,15+/m0/s1. The Morgan fingerprint density at radius 3 is 2.64 bits per heavy atom. The first-order valence-corrected chi connectivity index (χ1v) is 8.36. The fourth-order valence-corrected chi connectivity index (χ4v) is 3.59. The number of hydrogen-bond acceptors (Lipinski definition) is 4. The van der Waals surface area contributed by atoms with Crippen molar-refractivity contribution in [2.45, 2.75) is 63.8 Å². The van der Waals surface area contributed by atoms with Gasteiger partial charge in [0.2, 0.25) is 0 Å². The van der Waals surface area contributed by atoms with Gasteiger partial charge < -0.3 is 14.6 Å². The van der Waals surface area contributed by atoms with Crippen LogP contribution in [0.5, 0.6) is 5.75 Å². The zero-order valence-electron chi connectivity index (χ0n) is 14.5. The van der Waals surface area contributed by atoms with Crippen molar-refractivity contribution in [1.29, 1.82) is 0 Å². The monoisotopic (exact) mass is 351 g/mol. The van der Waals surface area contributed by atoms with Crippen molar-refractivity contribution >= 4 is 12.1 Å². The number of halogens is 1. The molecular formula is C18H22FNO5. The number of ether oxygens (including phenoxy) is 2. The van der Waals surface area contributed by atoms with Crippen LogP contribution in [0.1, 0.15) is 50.4 Å². The highest BCUT2D eigenvalue weighted by Crippen LogP contribution is 2.41. The summed E-state index contributed by atoms with van der Waals surface area (Å²) in [6, 6.07) is 3.17. The molecule has 3 rings (SSSR count). The van der Waals surface area contributed by atoms with Crippen LogP contribution in [-0.2, 0) is 4.74 Å². The lowest BCUT2D eigenvalue weighted by atomic mass is 9.97. The molecule has 1 amide bonds. The van der Waals surface area contributed by atoms with Gasteiger partial charge in [-0.05, 0) is 45.7 Å². The molecule has 0 spiro atoms. The Labute approximate surface area is 145 Å². The predicted molar refractivity (Wildman–Crippen MR) is 87.3 cm³/mol. The summed E-state index contributed by atoms with van der Waals surface area (Å²) < 4.78 is 24.8. The minimum absolute atomic E-state index is 0.00538. The first-order valence-electron chi connectivity index (χ1n) is 8.36. The highest BCUT2D eigenvalue weighted by molar-refractivity contribution is 5.90. The highest BCUT2D eigenvalue weighted by atomic mass is 19.1. The summed E-state index contributed by atoms with van der Waals surface area (Å²) in [5, 5.41) is 9.24. The smallest absolute Gasteiger partial charge is 0.410 e. The normalized spacial score (nSPS) is 25.1. The Bertz CT molecular complexity index is 699. The Kier molecular flexibility index (Phi) is 4.34. The summed E-state index contributed by atoms with van der Waals surface area (Å²) >= 11 is 0. The van der Waals surface area contributed by atoms with Crippen molar-refractivity contribution in [3.8, 4) is 5.75 Å². The molecule has 2 aliphatic heterocycles. The number of carboxylic acids is 1. The number of benzene rings is 1. The number of rotatable bonds is 3.